The summed E-state index contributed by atoms with van der Waals surface area (Å²) in [6.07, 6.45) is 1.13. The average Bonchev–Trinajstić information content (AvgIpc) is 3.24. The predicted molar refractivity (Wildman–Crippen MR) is 103 cm³/mol. The van der Waals surface area contributed by atoms with E-state index in [2.05, 4.69) is 10.1 Å². The molecule has 0 radical (unpaired) electrons. The normalized spacial score (nSPS) is 16.1. The van der Waals surface area contributed by atoms with Crippen molar-refractivity contribution in [2.75, 3.05) is 20.2 Å². The molecule has 7 nitrogen and oxygen atoms in total. The standard InChI is InChI=1S/C20H20FN3O4S/c1-27-18-5-3-2-4-17(18)19-22-20(28-23-19)14-10-12-24(13-11-14)29(25,26)16-8-6-15(21)7-9-16/h2-9,14H,10-13H2,1H3. The first-order chi connectivity index (χ1) is 14.0. The van der Waals surface area contributed by atoms with Gasteiger partial charge < -0.3 is 9.26 Å². The summed E-state index contributed by atoms with van der Waals surface area (Å²) >= 11 is 0. The third kappa shape index (κ3) is 3.88. The van der Waals surface area contributed by atoms with E-state index in [4.69, 9.17) is 9.26 Å². The summed E-state index contributed by atoms with van der Waals surface area (Å²) in [7, 11) is -2.07. The monoisotopic (exact) mass is 417 g/mol. The van der Waals surface area contributed by atoms with E-state index in [1.165, 1.54) is 16.4 Å². The molecule has 152 valence electrons. The molecular formula is C20H20FN3O4S. The second-order valence-electron chi connectivity index (χ2n) is 6.79. The third-order valence-corrected chi connectivity index (χ3v) is 6.96. The summed E-state index contributed by atoms with van der Waals surface area (Å²) in [5, 5.41) is 4.06. The zero-order valence-electron chi connectivity index (χ0n) is 15.8. The number of rotatable bonds is 5. The third-order valence-electron chi connectivity index (χ3n) is 5.04. The Morgan fingerprint density at radius 1 is 1.10 bits per heavy atom. The van der Waals surface area contributed by atoms with Crippen LogP contribution in [0, 0.1) is 5.82 Å². The van der Waals surface area contributed by atoms with Crippen LogP contribution < -0.4 is 4.74 Å². The lowest BCUT2D eigenvalue weighted by atomic mass is 9.98. The van der Waals surface area contributed by atoms with E-state index >= 15 is 0 Å². The lowest BCUT2D eigenvalue weighted by molar-refractivity contribution is 0.270. The quantitative estimate of drug-likeness (QED) is 0.632. The van der Waals surface area contributed by atoms with Crippen LogP contribution in [0.25, 0.3) is 11.4 Å². The van der Waals surface area contributed by atoms with Gasteiger partial charge in [0.15, 0.2) is 0 Å². The first-order valence-corrected chi connectivity index (χ1v) is 10.7. The van der Waals surface area contributed by atoms with Crippen molar-refractivity contribution in [1.82, 2.24) is 14.4 Å². The molecule has 0 bridgehead atoms. The number of aromatic nitrogens is 2. The number of hydrogen-bond donors (Lipinski definition) is 0. The van der Waals surface area contributed by atoms with Crippen LogP contribution in [0.2, 0.25) is 0 Å². The van der Waals surface area contributed by atoms with Gasteiger partial charge in [0.05, 0.1) is 17.6 Å². The maximum Gasteiger partial charge on any atom is 0.243 e. The summed E-state index contributed by atoms with van der Waals surface area (Å²) in [4.78, 5) is 4.59. The fourth-order valence-electron chi connectivity index (χ4n) is 3.44. The molecule has 4 rings (SSSR count). The van der Waals surface area contributed by atoms with Crippen LogP contribution in [0.15, 0.2) is 57.9 Å². The van der Waals surface area contributed by atoms with Gasteiger partial charge in [-0.1, -0.05) is 17.3 Å². The maximum absolute atomic E-state index is 13.1. The lowest BCUT2D eigenvalue weighted by Crippen LogP contribution is -2.37. The molecule has 2 aromatic carbocycles. The van der Waals surface area contributed by atoms with Crippen molar-refractivity contribution in [2.24, 2.45) is 0 Å². The molecule has 0 saturated carbocycles. The van der Waals surface area contributed by atoms with Crippen molar-refractivity contribution in [2.45, 2.75) is 23.7 Å². The van der Waals surface area contributed by atoms with Crippen molar-refractivity contribution in [3.63, 3.8) is 0 Å². The highest BCUT2D eigenvalue weighted by Crippen LogP contribution is 2.33. The minimum Gasteiger partial charge on any atom is -0.496 e. The van der Waals surface area contributed by atoms with E-state index in [0.717, 1.165) is 17.7 Å². The van der Waals surface area contributed by atoms with Crippen molar-refractivity contribution in [3.05, 3.63) is 60.2 Å². The highest BCUT2D eigenvalue weighted by Gasteiger charge is 2.32. The molecule has 2 heterocycles. The minimum atomic E-state index is -3.65. The number of benzene rings is 2. The summed E-state index contributed by atoms with van der Waals surface area (Å²) in [6, 6.07) is 12.3. The molecule has 1 aromatic heterocycles. The summed E-state index contributed by atoms with van der Waals surface area (Å²) in [6.45, 7) is 0.660. The van der Waals surface area contributed by atoms with Gasteiger partial charge in [0.2, 0.25) is 21.7 Å². The number of hydrogen-bond acceptors (Lipinski definition) is 6. The van der Waals surface area contributed by atoms with Crippen LogP contribution >= 0.6 is 0 Å². The van der Waals surface area contributed by atoms with Crippen molar-refractivity contribution < 1.29 is 22.1 Å². The van der Waals surface area contributed by atoms with Gasteiger partial charge in [0.1, 0.15) is 11.6 Å². The largest absolute Gasteiger partial charge is 0.496 e. The van der Waals surface area contributed by atoms with E-state index in [1.807, 2.05) is 24.3 Å². The number of nitrogens with zero attached hydrogens (tertiary/aromatic N) is 3. The van der Waals surface area contributed by atoms with Crippen LogP contribution in [-0.2, 0) is 10.0 Å². The highest BCUT2D eigenvalue weighted by molar-refractivity contribution is 7.89. The molecule has 1 saturated heterocycles. The number of sulfonamides is 1. The SMILES string of the molecule is COc1ccccc1-c1noc(C2CCN(S(=O)(=O)c3ccc(F)cc3)CC2)n1. The van der Waals surface area contributed by atoms with Crippen LogP contribution in [0.5, 0.6) is 5.75 Å². The van der Waals surface area contributed by atoms with Crippen molar-refractivity contribution >= 4 is 10.0 Å². The average molecular weight is 417 g/mol. The Balaban J connectivity index is 1.46. The van der Waals surface area contributed by atoms with Gasteiger partial charge in [-0.05, 0) is 49.2 Å². The highest BCUT2D eigenvalue weighted by atomic mass is 32.2. The van der Waals surface area contributed by atoms with Crippen molar-refractivity contribution in [1.29, 1.82) is 0 Å². The van der Waals surface area contributed by atoms with Crippen LogP contribution in [0.1, 0.15) is 24.7 Å². The topological polar surface area (TPSA) is 85.5 Å². The molecule has 1 aliphatic heterocycles. The first-order valence-electron chi connectivity index (χ1n) is 9.22. The molecule has 3 aromatic rings. The Labute approximate surface area is 168 Å². The van der Waals surface area contributed by atoms with Gasteiger partial charge >= 0.3 is 0 Å². The van der Waals surface area contributed by atoms with E-state index in [9.17, 15) is 12.8 Å². The van der Waals surface area contributed by atoms with Gasteiger partial charge in [-0.3, -0.25) is 0 Å². The van der Waals surface area contributed by atoms with Gasteiger partial charge in [0, 0.05) is 19.0 Å². The number of halogens is 1. The molecule has 1 aliphatic rings. The van der Waals surface area contributed by atoms with Gasteiger partial charge in [-0.25, -0.2) is 12.8 Å². The molecule has 29 heavy (non-hydrogen) atoms. The fourth-order valence-corrected chi connectivity index (χ4v) is 4.91. The predicted octanol–water partition coefficient (Wildman–Crippen LogP) is 3.45. The Morgan fingerprint density at radius 3 is 2.48 bits per heavy atom. The second-order valence-corrected chi connectivity index (χ2v) is 8.73. The lowest BCUT2D eigenvalue weighted by Gasteiger charge is -2.29. The van der Waals surface area contributed by atoms with Crippen LogP contribution in [0.3, 0.4) is 0 Å². The fraction of sp³-hybridized carbons (Fsp3) is 0.300. The van der Waals surface area contributed by atoms with Crippen molar-refractivity contribution in [3.8, 4) is 17.1 Å². The number of piperidine rings is 1. The summed E-state index contributed by atoms with van der Waals surface area (Å²) < 4.78 is 50.8. The van der Waals surface area contributed by atoms with Crippen LogP contribution in [-0.4, -0.2) is 43.1 Å². The van der Waals surface area contributed by atoms with Crippen LogP contribution in [0.4, 0.5) is 4.39 Å². The molecule has 0 unspecified atom stereocenters. The zero-order valence-corrected chi connectivity index (χ0v) is 16.6. The Kier molecular flexibility index (Phi) is 5.33. The molecule has 1 fully saturated rings. The van der Waals surface area contributed by atoms with Gasteiger partial charge in [-0.15, -0.1) is 0 Å². The number of para-hydroxylation sites is 1. The second kappa shape index (κ2) is 7.92. The van der Waals surface area contributed by atoms with E-state index < -0.39 is 15.8 Å². The van der Waals surface area contributed by atoms with E-state index in [-0.39, 0.29) is 10.8 Å². The smallest absolute Gasteiger partial charge is 0.243 e. The zero-order chi connectivity index (χ0) is 20.4. The number of methoxy groups -OCH3 is 1. The maximum atomic E-state index is 13.1. The molecule has 0 amide bonds. The molecule has 0 aliphatic carbocycles. The molecule has 0 atom stereocenters. The first kappa shape index (κ1) is 19.5. The number of ether oxygens (including phenoxy) is 1. The summed E-state index contributed by atoms with van der Waals surface area (Å²) in [5.41, 5.74) is 0.737. The minimum absolute atomic E-state index is 0.0226. The summed E-state index contributed by atoms with van der Waals surface area (Å²) in [5.74, 6) is 1.10. The molecular weight excluding hydrogens is 397 g/mol. The van der Waals surface area contributed by atoms with E-state index in [0.29, 0.717) is 43.4 Å². The van der Waals surface area contributed by atoms with Gasteiger partial charge in [-0.2, -0.15) is 9.29 Å². The Bertz CT molecular complexity index is 1090. The van der Waals surface area contributed by atoms with E-state index in [1.54, 1.807) is 7.11 Å². The molecule has 0 spiro atoms. The Hall–Kier alpha value is -2.78. The Morgan fingerprint density at radius 2 is 1.79 bits per heavy atom. The van der Waals surface area contributed by atoms with Gasteiger partial charge in [0.25, 0.3) is 0 Å². The molecule has 0 N–H and O–H groups in total. The molecule has 9 heteroatoms.